The molecule has 10 heteroatoms. The average Bonchev–Trinajstić information content (AvgIpc) is 3.35. The van der Waals surface area contributed by atoms with E-state index in [-0.39, 0.29) is 27.6 Å². The predicted octanol–water partition coefficient (Wildman–Crippen LogP) is 4.19. The van der Waals surface area contributed by atoms with Gasteiger partial charge in [0, 0.05) is 18.1 Å². The zero-order valence-electron chi connectivity index (χ0n) is 18.7. The van der Waals surface area contributed by atoms with Gasteiger partial charge < -0.3 is 14.6 Å². The molecule has 3 aromatic rings. The number of ether oxygens (including phenoxy) is 2. The van der Waals surface area contributed by atoms with Crippen molar-refractivity contribution < 1.29 is 33.4 Å². The third-order valence-corrected chi connectivity index (χ3v) is 7.03. The average molecular weight is 495 g/mol. The number of hydrogen-bond donors (Lipinski definition) is 1. The van der Waals surface area contributed by atoms with Gasteiger partial charge in [0.2, 0.25) is 0 Å². The van der Waals surface area contributed by atoms with Crippen LogP contribution >= 0.6 is 11.3 Å². The number of Topliss-reactive ketones (excluding diaryl/α,β-unsaturated/α-hetero) is 2. The van der Waals surface area contributed by atoms with E-state index in [9.17, 15) is 19.5 Å². The minimum absolute atomic E-state index is 0.00280. The SMILES string of the molecule is CC(=O)c1sc(N2C(=O)C(=O)/C(=C(\O)c3ccc4c(c3)OCCO4)C2c2ccccc2F)nc1C. The van der Waals surface area contributed by atoms with Crippen molar-refractivity contribution in [3.8, 4) is 11.5 Å². The molecule has 1 atom stereocenters. The molecule has 2 aliphatic heterocycles. The molecule has 3 heterocycles. The maximum Gasteiger partial charge on any atom is 0.301 e. The molecule has 1 saturated heterocycles. The zero-order chi connectivity index (χ0) is 24.9. The van der Waals surface area contributed by atoms with Crippen LogP contribution in [0.2, 0.25) is 0 Å². The van der Waals surface area contributed by atoms with Gasteiger partial charge in [-0.2, -0.15) is 0 Å². The summed E-state index contributed by atoms with van der Waals surface area (Å²) in [6, 6.07) is 8.99. The van der Waals surface area contributed by atoms with E-state index < -0.39 is 29.3 Å². The zero-order valence-corrected chi connectivity index (χ0v) is 19.5. The number of carbonyl (C=O) groups excluding carboxylic acids is 3. The summed E-state index contributed by atoms with van der Waals surface area (Å²) in [7, 11) is 0. The van der Waals surface area contributed by atoms with Crippen LogP contribution in [-0.2, 0) is 9.59 Å². The Bertz CT molecular complexity index is 1430. The number of thiazole rings is 1. The Balaban J connectivity index is 1.71. The number of rotatable bonds is 4. The van der Waals surface area contributed by atoms with Crippen molar-refractivity contribution in [3.05, 3.63) is 75.6 Å². The predicted molar refractivity (Wildman–Crippen MR) is 125 cm³/mol. The number of carbonyl (C=O) groups is 3. The number of hydrogen-bond acceptors (Lipinski definition) is 8. The lowest BCUT2D eigenvalue weighted by Gasteiger charge is -2.23. The van der Waals surface area contributed by atoms with Crippen molar-refractivity contribution in [2.45, 2.75) is 19.9 Å². The van der Waals surface area contributed by atoms with Gasteiger partial charge in [0.05, 0.1) is 16.1 Å². The third-order valence-electron chi connectivity index (χ3n) is 5.77. The van der Waals surface area contributed by atoms with Crippen LogP contribution in [0, 0.1) is 12.7 Å². The topological polar surface area (TPSA) is 106 Å². The second kappa shape index (κ2) is 8.62. The fraction of sp³-hybridized carbons (Fsp3) is 0.200. The van der Waals surface area contributed by atoms with Crippen molar-refractivity contribution >= 4 is 39.7 Å². The van der Waals surface area contributed by atoms with E-state index in [1.807, 2.05) is 0 Å². The Morgan fingerprint density at radius 2 is 1.86 bits per heavy atom. The molecule has 1 amide bonds. The summed E-state index contributed by atoms with van der Waals surface area (Å²) in [4.78, 5) is 44.1. The van der Waals surface area contributed by atoms with E-state index >= 15 is 4.39 Å². The molecule has 0 radical (unpaired) electrons. The Morgan fingerprint density at radius 3 is 2.54 bits per heavy atom. The van der Waals surface area contributed by atoms with Crippen LogP contribution < -0.4 is 14.4 Å². The van der Waals surface area contributed by atoms with E-state index in [1.165, 1.54) is 37.3 Å². The van der Waals surface area contributed by atoms with Gasteiger partial charge in [-0.3, -0.25) is 19.3 Å². The number of halogens is 1. The summed E-state index contributed by atoms with van der Waals surface area (Å²) in [5.41, 5.74) is 0.295. The molecule has 5 rings (SSSR count). The fourth-order valence-corrected chi connectivity index (χ4v) is 5.17. The number of amides is 1. The normalized spacial score (nSPS) is 18.7. The standard InChI is InChI=1S/C25H19FN2O6S/c1-12-23(13(2)29)35-25(27-12)28-20(15-5-3-4-6-16(15)26)19(22(31)24(28)32)21(30)14-7-8-17-18(11-14)34-10-9-33-17/h3-8,11,20,30H,9-10H2,1-2H3/b21-19-. The molecule has 1 unspecified atom stereocenters. The first-order chi connectivity index (χ1) is 16.8. The maximum atomic E-state index is 15.0. The van der Waals surface area contributed by atoms with Gasteiger partial charge in [-0.05, 0) is 31.2 Å². The van der Waals surface area contributed by atoms with Crippen molar-refractivity contribution in [2.24, 2.45) is 0 Å². The van der Waals surface area contributed by atoms with Crippen molar-refractivity contribution in [3.63, 3.8) is 0 Å². The summed E-state index contributed by atoms with van der Waals surface area (Å²) in [5.74, 6) is -2.54. The smallest absolute Gasteiger partial charge is 0.301 e. The number of aromatic nitrogens is 1. The van der Waals surface area contributed by atoms with Crippen molar-refractivity contribution in [1.29, 1.82) is 0 Å². The third kappa shape index (κ3) is 3.75. The highest BCUT2D eigenvalue weighted by Crippen LogP contribution is 2.45. The van der Waals surface area contributed by atoms with Crippen LogP contribution in [0.5, 0.6) is 11.5 Å². The number of fused-ring (bicyclic) bond motifs is 1. The van der Waals surface area contributed by atoms with E-state index in [0.717, 1.165) is 16.2 Å². The maximum absolute atomic E-state index is 15.0. The van der Waals surface area contributed by atoms with Gasteiger partial charge in [0.15, 0.2) is 22.4 Å². The van der Waals surface area contributed by atoms with Gasteiger partial charge >= 0.3 is 5.91 Å². The molecule has 1 N–H and O–H groups in total. The molecular weight excluding hydrogens is 475 g/mol. The lowest BCUT2D eigenvalue weighted by Crippen LogP contribution is -2.29. The number of ketones is 2. The van der Waals surface area contributed by atoms with E-state index in [0.29, 0.717) is 35.3 Å². The Kier molecular flexibility index (Phi) is 5.60. The van der Waals surface area contributed by atoms with Crippen LogP contribution in [0.15, 0.2) is 48.0 Å². The molecule has 8 nitrogen and oxygen atoms in total. The Labute approximate surface area is 203 Å². The van der Waals surface area contributed by atoms with Crippen molar-refractivity contribution in [2.75, 3.05) is 18.1 Å². The summed E-state index contributed by atoms with van der Waals surface area (Å²) < 4.78 is 26.1. The quantitative estimate of drug-likeness (QED) is 0.251. The van der Waals surface area contributed by atoms with E-state index in [4.69, 9.17) is 9.47 Å². The number of anilines is 1. The Morgan fingerprint density at radius 1 is 1.14 bits per heavy atom. The first-order valence-corrected chi connectivity index (χ1v) is 11.5. The van der Waals surface area contributed by atoms with Gasteiger partial charge in [0.1, 0.15) is 30.8 Å². The first kappa shape index (κ1) is 22.7. The summed E-state index contributed by atoms with van der Waals surface area (Å²) in [5, 5.41) is 11.3. The van der Waals surface area contributed by atoms with Gasteiger partial charge in [-0.15, -0.1) is 0 Å². The second-order valence-electron chi connectivity index (χ2n) is 8.02. The highest BCUT2D eigenvalue weighted by Gasteiger charge is 2.49. The van der Waals surface area contributed by atoms with Gasteiger partial charge in [0.25, 0.3) is 5.78 Å². The molecule has 178 valence electrons. The first-order valence-electron chi connectivity index (χ1n) is 10.7. The number of nitrogens with zero attached hydrogens (tertiary/aromatic N) is 2. The van der Waals surface area contributed by atoms with E-state index in [1.54, 1.807) is 19.1 Å². The van der Waals surface area contributed by atoms with E-state index in [2.05, 4.69) is 4.98 Å². The number of aliphatic hydroxyl groups is 1. The molecule has 2 aromatic carbocycles. The molecule has 1 aromatic heterocycles. The lowest BCUT2D eigenvalue weighted by atomic mass is 9.95. The fourth-order valence-electron chi connectivity index (χ4n) is 4.18. The minimum Gasteiger partial charge on any atom is -0.507 e. The summed E-state index contributed by atoms with van der Waals surface area (Å²) >= 11 is 0.932. The molecule has 1 fully saturated rings. The molecule has 0 aliphatic carbocycles. The van der Waals surface area contributed by atoms with Gasteiger partial charge in [-0.1, -0.05) is 29.5 Å². The molecule has 0 saturated carbocycles. The number of aliphatic hydroxyl groups excluding tert-OH is 1. The molecule has 2 aliphatic rings. The molecule has 0 spiro atoms. The molecule has 35 heavy (non-hydrogen) atoms. The van der Waals surface area contributed by atoms with Crippen LogP contribution in [0.3, 0.4) is 0 Å². The monoisotopic (exact) mass is 494 g/mol. The van der Waals surface area contributed by atoms with Crippen LogP contribution in [0.4, 0.5) is 9.52 Å². The second-order valence-corrected chi connectivity index (χ2v) is 8.99. The number of aryl methyl sites for hydroxylation is 1. The highest BCUT2D eigenvalue weighted by atomic mass is 32.1. The van der Waals surface area contributed by atoms with Crippen LogP contribution in [0.25, 0.3) is 5.76 Å². The van der Waals surface area contributed by atoms with Crippen LogP contribution in [-0.4, -0.2) is 40.8 Å². The lowest BCUT2D eigenvalue weighted by molar-refractivity contribution is -0.132. The minimum atomic E-state index is -1.30. The molecule has 0 bridgehead atoms. The Hall–Kier alpha value is -4.05. The summed E-state index contributed by atoms with van der Waals surface area (Å²) in [6.45, 7) is 3.68. The summed E-state index contributed by atoms with van der Waals surface area (Å²) in [6.07, 6.45) is 0. The van der Waals surface area contributed by atoms with Crippen molar-refractivity contribution in [1.82, 2.24) is 4.98 Å². The number of benzene rings is 2. The van der Waals surface area contributed by atoms with Gasteiger partial charge in [-0.25, -0.2) is 9.37 Å². The largest absolute Gasteiger partial charge is 0.507 e. The van der Waals surface area contributed by atoms with Crippen LogP contribution in [0.1, 0.15) is 39.5 Å². The highest BCUT2D eigenvalue weighted by molar-refractivity contribution is 7.18. The molecular formula is C25H19FN2O6S.